The highest BCUT2D eigenvalue weighted by Gasteiger charge is 2.35. The lowest BCUT2D eigenvalue weighted by Crippen LogP contribution is -2.30. The van der Waals surface area contributed by atoms with E-state index in [-0.39, 0.29) is 18.5 Å². The average molecular weight is 305 g/mol. The molecule has 3 rings (SSSR count). The number of rotatable bonds is 3. The van der Waals surface area contributed by atoms with Gasteiger partial charge in [0.25, 0.3) is 0 Å². The van der Waals surface area contributed by atoms with Crippen LogP contribution in [0.2, 0.25) is 0 Å². The van der Waals surface area contributed by atoms with Crippen LogP contribution in [0.3, 0.4) is 0 Å². The second-order valence-corrected chi connectivity index (χ2v) is 5.37. The number of anilines is 1. The molecule has 3 amide bonds. The molecule has 2 aromatic heterocycles. The number of urea groups is 1. The van der Waals surface area contributed by atoms with Gasteiger partial charge >= 0.3 is 6.03 Å². The topological polar surface area (TPSA) is 83.9 Å². The first kappa shape index (κ1) is 14.5. The van der Waals surface area contributed by atoms with Crippen molar-refractivity contribution in [3.63, 3.8) is 0 Å². The van der Waals surface area contributed by atoms with E-state index in [4.69, 9.17) is 5.73 Å². The molecular formula is C14H16FN5O2. The number of imide groups is 1. The van der Waals surface area contributed by atoms with Crippen molar-refractivity contribution in [3.05, 3.63) is 29.7 Å². The number of pyridine rings is 1. The normalized spacial score (nSPS) is 16.9. The first-order chi connectivity index (χ1) is 10.4. The summed E-state index contributed by atoms with van der Waals surface area (Å²) in [6, 6.07) is 0.797. The number of nitrogens with two attached hydrogens (primary N) is 1. The second-order valence-electron chi connectivity index (χ2n) is 5.37. The smallest absolute Gasteiger partial charge is 0.323 e. The molecule has 8 heteroatoms. The van der Waals surface area contributed by atoms with Crippen LogP contribution in [0, 0.1) is 0 Å². The molecule has 0 radical (unpaired) electrons. The fraction of sp³-hybridized carbons (Fsp3) is 0.357. The van der Waals surface area contributed by atoms with Crippen molar-refractivity contribution < 1.29 is 14.0 Å². The van der Waals surface area contributed by atoms with Crippen molar-refractivity contribution in [2.24, 2.45) is 5.73 Å². The summed E-state index contributed by atoms with van der Waals surface area (Å²) in [6.07, 6.45) is 3.30. The first-order valence-electron chi connectivity index (χ1n) is 6.83. The number of hydrogen-bond acceptors (Lipinski definition) is 4. The predicted octanol–water partition coefficient (Wildman–Crippen LogP) is 1.22. The van der Waals surface area contributed by atoms with Gasteiger partial charge in [-0.05, 0) is 13.0 Å². The molecule has 0 aromatic carbocycles. The van der Waals surface area contributed by atoms with E-state index in [1.165, 1.54) is 18.0 Å². The molecule has 7 nitrogen and oxygen atoms in total. The van der Waals surface area contributed by atoms with Gasteiger partial charge in [0, 0.05) is 31.0 Å². The minimum atomic E-state index is -0.680. The van der Waals surface area contributed by atoms with Crippen LogP contribution in [-0.4, -0.2) is 39.8 Å². The Morgan fingerprint density at radius 3 is 2.68 bits per heavy atom. The Balaban J connectivity index is 2.19. The van der Waals surface area contributed by atoms with Gasteiger partial charge in [-0.25, -0.2) is 14.2 Å². The molecule has 0 aliphatic carbocycles. The van der Waals surface area contributed by atoms with E-state index < -0.39 is 12.7 Å². The Morgan fingerprint density at radius 1 is 1.41 bits per heavy atom. The van der Waals surface area contributed by atoms with Gasteiger partial charge in [0.15, 0.2) is 5.65 Å². The molecular weight excluding hydrogens is 289 g/mol. The van der Waals surface area contributed by atoms with Crippen LogP contribution in [0.5, 0.6) is 0 Å². The van der Waals surface area contributed by atoms with Gasteiger partial charge in [0.05, 0.1) is 11.4 Å². The van der Waals surface area contributed by atoms with Crippen molar-refractivity contribution in [2.45, 2.75) is 19.6 Å². The lowest BCUT2D eigenvalue weighted by Gasteiger charge is -2.16. The van der Waals surface area contributed by atoms with Gasteiger partial charge in [-0.15, -0.1) is 0 Å². The number of aromatic nitrogens is 2. The molecule has 3 heterocycles. The van der Waals surface area contributed by atoms with E-state index in [2.05, 4.69) is 4.98 Å². The Labute approximate surface area is 126 Å². The second kappa shape index (κ2) is 5.06. The minimum Gasteiger partial charge on any atom is -0.323 e. The third-order valence-electron chi connectivity index (χ3n) is 3.70. The maximum Gasteiger partial charge on any atom is 0.331 e. The number of carbonyl (C=O) groups excluding carboxylic acids is 2. The standard InChI is InChI=1S/C14H16FN5O2/c1-8(16)10-6-19-5-9(4-15)3-11(13(19)17-10)20-7-12(21)18(2)14(20)22/h3,5-6,8H,4,7,16H2,1-2H3/t8-/m1/s1. The van der Waals surface area contributed by atoms with Crippen molar-refractivity contribution >= 4 is 23.3 Å². The zero-order valence-corrected chi connectivity index (χ0v) is 12.3. The molecule has 116 valence electrons. The van der Waals surface area contributed by atoms with Crippen LogP contribution in [-0.2, 0) is 11.5 Å². The summed E-state index contributed by atoms with van der Waals surface area (Å²) >= 11 is 0. The fourth-order valence-corrected chi connectivity index (χ4v) is 2.43. The molecule has 1 aliphatic rings. The lowest BCUT2D eigenvalue weighted by atomic mass is 10.2. The molecule has 22 heavy (non-hydrogen) atoms. The molecule has 1 atom stereocenters. The molecule has 0 bridgehead atoms. The van der Waals surface area contributed by atoms with E-state index in [0.29, 0.717) is 22.6 Å². The number of nitrogens with zero attached hydrogens (tertiary/aromatic N) is 4. The summed E-state index contributed by atoms with van der Waals surface area (Å²) in [6.45, 7) is 1.03. The van der Waals surface area contributed by atoms with Crippen LogP contribution in [0.4, 0.5) is 14.9 Å². The van der Waals surface area contributed by atoms with Crippen molar-refractivity contribution in [1.29, 1.82) is 0 Å². The number of alkyl halides is 1. The number of amides is 3. The molecule has 2 aromatic rings. The molecule has 0 unspecified atom stereocenters. The van der Waals surface area contributed by atoms with Crippen LogP contribution >= 0.6 is 0 Å². The van der Waals surface area contributed by atoms with Crippen molar-refractivity contribution in [3.8, 4) is 0 Å². The Hall–Kier alpha value is -2.48. The first-order valence-corrected chi connectivity index (χ1v) is 6.83. The maximum atomic E-state index is 13.1. The van der Waals surface area contributed by atoms with Gasteiger partial charge in [-0.1, -0.05) is 0 Å². The third kappa shape index (κ3) is 2.12. The number of hydrogen-bond donors (Lipinski definition) is 1. The van der Waals surface area contributed by atoms with Crippen LogP contribution in [0.1, 0.15) is 24.2 Å². The number of carbonyl (C=O) groups is 2. The molecule has 2 N–H and O–H groups in total. The Morgan fingerprint density at radius 2 is 2.14 bits per heavy atom. The quantitative estimate of drug-likeness (QED) is 0.864. The summed E-state index contributed by atoms with van der Waals surface area (Å²) in [5, 5.41) is 0. The molecule has 1 fully saturated rings. The highest BCUT2D eigenvalue weighted by atomic mass is 19.1. The number of fused-ring (bicyclic) bond motifs is 1. The maximum absolute atomic E-state index is 13.1. The number of imidazole rings is 1. The number of likely N-dealkylation sites (N-methyl/N-ethyl adjacent to an activating group) is 1. The van der Waals surface area contributed by atoms with Crippen LogP contribution in [0.15, 0.2) is 18.5 Å². The van der Waals surface area contributed by atoms with Crippen LogP contribution < -0.4 is 10.6 Å². The zero-order valence-electron chi connectivity index (χ0n) is 12.3. The summed E-state index contributed by atoms with van der Waals surface area (Å²) in [5.74, 6) is -0.312. The fourth-order valence-electron chi connectivity index (χ4n) is 2.43. The third-order valence-corrected chi connectivity index (χ3v) is 3.70. The van der Waals surface area contributed by atoms with E-state index in [9.17, 15) is 14.0 Å². The van der Waals surface area contributed by atoms with Gasteiger partial charge in [-0.2, -0.15) is 0 Å². The lowest BCUT2D eigenvalue weighted by molar-refractivity contribution is -0.123. The average Bonchev–Trinajstić information content (AvgIpc) is 3.03. The van der Waals surface area contributed by atoms with Gasteiger partial charge in [-0.3, -0.25) is 14.6 Å². The molecule has 0 spiro atoms. The predicted molar refractivity (Wildman–Crippen MR) is 78.1 cm³/mol. The summed E-state index contributed by atoms with van der Waals surface area (Å²) in [4.78, 5) is 30.6. The molecule has 1 aliphatic heterocycles. The van der Waals surface area contributed by atoms with E-state index in [0.717, 1.165) is 4.90 Å². The zero-order chi connectivity index (χ0) is 16.0. The molecule has 1 saturated heterocycles. The monoisotopic (exact) mass is 305 g/mol. The number of halogens is 1. The van der Waals surface area contributed by atoms with Crippen molar-refractivity contribution in [1.82, 2.24) is 14.3 Å². The molecule has 0 saturated carbocycles. The highest BCUT2D eigenvalue weighted by molar-refractivity contribution is 6.13. The highest BCUT2D eigenvalue weighted by Crippen LogP contribution is 2.28. The van der Waals surface area contributed by atoms with E-state index in [1.807, 2.05) is 0 Å². The van der Waals surface area contributed by atoms with E-state index >= 15 is 0 Å². The summed E-state index contributed by atoms with van der Waals surface area (Å²) in [5.41, 5.74) is 7.73. The SMILES string of the molecule is C[C@@H](N)c1cn2cc(CF)cc(N3CC(=O)N(C)C3=O)c2n1. The van der Waals surface area contributed by atoms with Gasteiger partial charge < -0.3 is 10.1 Å². The van der Waals surface area contributed by atoms with Crippen LogP contribution in [0.25, 0.3) is 5.65 Å². The van der Waals surface area contributed by atoms with Crippen molar-refractivity contribution in [2.75, 3.05) is 18.5 Å². The summed E-state index contributed by atoms with van der Waals surface area (Å²) < 4.78 is 14.7. The largest absolute Gasteiger partial charge is 0.331 e. The Bertz CT molecular complexity index is 770. The van der Waals surface area contributed by atoms with Gasteiger partial charge in [0.2, 0.25) is 5.91 Å². The summed E-state index contributed by atoms with van der Waals surface area (Å²) in [7, 11) is 1.42. The van der Waals surface area contributed by atoms with Gasteiger partial charge in [0.1, 0.15) is 13.2 Å². The van der Waals surface area contributed by atoms with E-state index in [1.54, 1.807) is 23.7 Å². The minimum absolute atomic E-state index is 0.0822. The Kier molecular flexibility index (Phi) is 3.32.